The van der Waals surface area contributed by atoms with E-state index < -0.39 is 11.9 Å². The first kappa shape index (κ1) is 23.7. The standard InChI is InChI=1S/C30H29NO5/c1-17-27(30(33)36-4)28(22-11-7-9-18-8-5-6-10-21(18)22)29-23(31-17)14-20(15-24(29)32)19-12-13-25(34-2)26(16-19)35-3/h5-13,16,20,28,31H,14-15H2,1-4H3/t20-,28+/m0/s1. The van der Waals surface area contributed by atoms with Gasteiger partial charge in [-0.1, -0.05) is 48.5 Å². The summed E-state index contributed by atoms with van der Waals surface area (Å²) in [5.41, 5.74) is 4.63. The molecule has 0 saturated carbocycles. The van der Waals surface area contributed by atoms with Crippen molar-refractivity contribution >= 4 is 22.5 Å². The summed E-state index contributed by atoms with van der Waals surface area (Å²) >= 11 is 0. The average molecular weight is 484 g/mol. The molecule has 0 amide bonds. The molecule has 0 radical (unpaired) electrons. The van der Waals surface area contributed by atoms with Gasteiger partial charge in [-0.3, -0.25) is 4.79 Å². The topological polar surface area (TPSA) is 73.9 Å². The number of carbonyl (C=O) groups excluding carboxylic acids is 2. The lowest BCUT2D eigenvalue weighted by Gasteiger charge is -2.37. The summed E-state index contributed by atoms with van der Waals surface area (Å²) in [6.07, 6.45) is 0.981. The number of nitrogens with one attached hydrogen (secondary N) is 1. The number of hydrogen-bond donors (Lipinski definition) is 1. The number of Topliss-reactive ketones (excluding diaryl/α,β-unsaturated/α-hetero) is 1. The first-order valence-corrected chi connectivity index (χ1v) is 12.0. The molecule has 5 rings (SSSR count). The van der Waals surface area contributed by atoms with E-state index in [0.717, 1.165) is 27.6 Å². The zero-order valence-electron chi connectivity index (χ0n) is 20.9. The van der Waals surface area contributed by atoms with Crippen molar-refractivity contribution in [1.29, 1.82) is 0 Å². The van der Waals surface area contributed by atoms with Crippen LogP contribution >= 0.6 is 0 Å². The van der Waals surface area contributed by atoms with E-state index in [4.69, 9.17) is 14.2 Å². The summed E-state index contributed by atoms with van der Waals surface area (Å²) in [4.78, 5) is 26.9. The van der Waals surface area contributed by atoms with Crippen molar-refractivity contribution in [2.75, 3.05) is 21.3 Å². The number of dihydropyridines is 1. The van der Waals surface area contributed by atoms with E-state index in [1.807, 2.05) is 67.6 Å². The highest BCUT2D eigenvalue weighted by atomic mass is 16.5. The Labute approximate surface area is 210 Å². The van der Waals surface area contributed by atoms with Crippen molar-refractivity contribution in [1.82, 2.24) is 5.32 Å². The number of carbonyl (C=O) groups is 2. The average Bonchev–Trinajstić information content (AvgIpc) is 2.91. The highest BCUT2D eigenvalue weighted by Gasteiger charge is 2.41. The number of allylic oxidation sites excluding steroid dienone is 3. The lowest BCUT2D eigenvalue weighted by molar-refractivity contribution is -0.136. The number of rotatable bonds is 5. The zero-order chi connectivity index (χ0) is 25.4. The Morgan fingerprint density at radius 1 is 0.917 bits per heavy atom. The molecule has 36 heavy (non-hydrogen) atoms. The normalized spacial score (nSPS) is 19.6. The Bertz CT molecular complexity index is 1430. The van der Waals surface area contributed by atoms with Crippen LogP contribution in [0.3, 0.4) is 0 Å². The monoisotopic (exact) mass is 483 g/mol. The Morgan fingerprint density at radius 3 is 2.42 bits per heavy atom. The van der Waals surface area contributed by atoms with E-state index in [1.165, 1.54) is 7.11 Å². The molecule has 1 aliphatic carbocycles. The quantitative estimate of drug-likeness (QED) is 0.491. The predicted molar refractivity (Wildman–Crippen MR) is 138 cm³/mol. The minimum Gasteiger partial charge on any atom is -0.493 e. The summed E-state index contributed by atoms with van der Waals surface area (Å²) in [6.45, 7) is 1.87. The van der Waals surface area contributed by atoms with Gasteiger partial charge in [0.1, 0.15) is 0 Å². The van der Waals surface area contributed by atoms with Gasteiger partial charge in [0.2, 0.25) is 0 Å². The molecule has 1 N–H and O–H groups in total. The van der Waals surface area contributed by atoms with Gasteiger partial charge in [-0.25, -0.2) is 4.79 Å². The summed E-state index contributed by atoms with van der Waals surface area (Å²) in [7, 11) is 4.59. The third-order valence-electron chi connectivity index (χ3n) is 7.25. The lowest BCUT2D eigenvalue weighted by Crippen LogP contribution is -2.36. The molecule has 1 aliphatic heterocycles. The summed E-state index contributed by atoms with van der Waals surface area (Å²) in [6, 6.07) is 19.9. The van der Waals surface area contributed by atoms with Gasteiger partial charge >= 0.3 is 5.97 Å². The molecule has 0 saturated heterocycles. The number of methoxy groups -OCH3 is 3. The highest BCUT2D eigenvalue weighted by Crippen LogP contribution is 2.47. The number of ketones is 1. The number of ether oxygens (including phenoxy) is 3. The van der Waals surface area contributed by atoms with Gasteiger partial charge in [-0.2, -0.15) is 0 Å². The fourth-order valence-corrected chi connectivity index (χ4v) is 5.58. The van der Waals surface area contributed by atoms with Crippen LogP contribution in [0.15, 0.2) is 83.2 Å². The molecule has 6 nitrogen and oxygen atoms in total. The second-order valence-electron chi connectivity index (χ2n) is 9.19. The summed E-state index contributed by atoms with van der Waals surface area (Å²) < 4.78 is 16.0. The van der Waals surface area contributed by atoms with Gasteiger partial charge in [0.25, 0.3) is 0 Å². The summed E-state index contributed by atoms with van der Waals surface area (Å²) in [5, 5.41) is 5.47. The zero-order valence-corrected chi connectivity index (χ0v) is 20.9. The molecular weight excluding hydrogens is 454 g/mol. The van der Waals surface area contributed by atoms with E-state index in [9.17, 15) is 9.59 Å². The fraction of sp³-hybridized carbons (Fsp3) is 0.267. The van der Waals surface area contributed by atoms with Crippen LogP contribution in [0.1, 0.15) is 42.7 Å². The first-order chi connectivity index (χ1) is 17.5. The van der Waals surface area contributed by atoms with E-state index in [-0.39, 0.29) is 11.7 Å². The number of esters is 1. The molecular formula is C30H29NO5. The second-order valence-corrected chi connectivity index (χ2v) is 9.19. The van der Waals surface area contributed by atoms with Crippen LogP contribution in [0, 0.1) is 0 Å². The minimum atomic E-state index is -0.501. The van der Waals surface area contributed by atoms with Crippen molar-refractivity contribution in [3.05, 3.63) is 94.3 Å². The molecule has 0 bridgehead atoms. The number of hydrogen-bond acceptors (Lipinski definition) is 6. The molecule has 3 aromatic carbocycles. The molecule has 2 aliphatic rings. The van der Waals surface area contributed by atoms with Crippen molar-refractivity contribution < 1.29 is 23.8 Å². The van der Waals surface area contributed by atoms with Crippen molar-refractivity contribution in [2.24, 2.45) is 0 Å². The van der Waals surface area contributed by atoms with Gasteiger partial charge in [0.05, 0.1) is 26.9 Å². The molecule has 1 heterocycles. The van der Waals surface area contributed by atoms with Gasteiger partial charge in [-0.15, -0.1) is 0 Å². The number of fused-ring (bicyclic) bond motifs is 1. The Kier molecular flexibility index (Phi) is 6.27. The van der Waals surface area contributed by atoms with E-state index in [1.54, 1.807) is 14.2 Å². The second kappa shape index (κ2) is 9.53. The minimum absolute atomic E-state index is 0.0235. The van der Waals surface area contributed by atoms with Crippen LogP contribution in [0.25, 0.3) is 10.8 Å². The Morgan fingerprint density at radius 2 is 1.67 bits per heavy atom. The van der Waals surface area contributed by atoms with Crippen LogP contribution in [-0.4, -0.2) is 33.1 Å². The van der Waals surface area contributed by atoms with Crippen LogP contribution < -0.4 is 14.8 Å². The SMILES string of the molecule is COC(=O)C1=C(C)NC2=C(C(=O)C[C@@H](c3ccc(OC)c(OC)c3)C2)[C@@H]1c1cccc2ccccc12. The first-order valence-electron chi connectivity index (χ1n) is 12.0. The van der Waals surface area contributed by atoms with Crippen molar-refractivity contribution in [2.45, 2.75) is 31.6 Å². The maximum absolute atomic E-state index is 13.8. The predicted octanol–water partition coefficient (Wildman–Crippen LogP) is 5.39. The summed E-state index contributed by atoms with van der Waals surface area (Å²) in [5.74, 6) is 0.352. The van der Waals surface area contributed by atoms with Crippen molar-refractivity contribution in [3.8, 4) is 11.5 Å². The molecule has 0 unspecified atom stereocenters. The fourth-order valence-electron chi connectivity index (χ4n) is 5.58. The Balaban J connectivity index is 1.63. The molecule has 0 aromatic heterocycles. The highest BCUT2D eigenvalue weighted by molar-refractivity contribution is 6.05. The van der Waals surface area contributed by atoms with Crippen LogP contribution in [0.5, 0.6) is 11.5 Å². The van der Waals surface area contributed by atoms with Crippen LogP contribution in [0.2, 0.25) is 0 Å². The molecule has 3 aromatic rings. The largest absolute Gasteiger partial charge is 0.493 e. The molecule has 184 valence electrons. The maximum atomic E-state index is 13.8. The van der Waals surface area contributed by atoms with Crippen LogP contribution in [-0.2, 0) is 14.3 Å². The smallest absolute Gasteiger partial charge is 0.336 e. The van der Waals surface area contributed by atoms with Gasteiger partial charge in [-0.05, 0) is 53.3 Å². The van der Waals surface area contributed by atoms with E-state index in [2.05, 4.69) is 5.32 Å². The third-order valence-corrected chi connectivity index (χ3v) is 7.25. The molecule has 6 heteroatoms. The van der Waals surface area contributed by atoms with Gasteiger partial charge < -0.3 is 19.5 Å². The van der Waals surface area contributed by atoms with Gasteiger partial charge in [0.15, 0.2) is 17.3 Å². The van der Waals surface area contributed by atoms with E-state index >= 15 is 0 Å². The van der Waals surface area contributed by atoms with E-state index in [0.29, 0.717) is 41.2 Å². The lowest BCUT2D eigenvalue weighted by atomic mass is 9.71. The maximum Gasteiger partial charge on any atom is 0.336 e. The third kappa shape index (κ3) is 3.92. The molecule has 0 fully saturated rings. The van der Waals surface area contributed by atoms with Crippen LogP contribution in [0.4, 0.5) is 0 Å². The van der Waals surface area contributed by atoms with Crippen molar-refractivity contribution in [3.63, 3.8) is 0 Å². The molecule has 0 spiro atoms. The van der Waals surface area contributed by atoms with Gasteiger partial charge in [0, 0.05) is 29.3 Å². The Hall–Kier alpha value is -4.06. The molecule has 2 atom stereocenters. The number of benzene rings is 3.